The van der Waals surface area contributed by atoms with Crippen molar-refractivity contribution in [1.82, 2.24) is 19.9 Å². The number of rotatable bonds is 7. The molecule has 10 heteroatoms. The SMILES string of the molecule is CC(C)C1=C2[C@H]3CC[C@@H]4[C@@]5(C)CC[C@H](OC(=O)[C@H]6C[C@@H](C(=O)O)C6(C)C)C(C)(C)[C@@H]5CC[C@@]4(C)[C@]3(C)CC[C@@]2(C(=O)N2CCCC2c2ncc(-c3cccnc3)[nH]2)CC1=O. The Morgan fingerprint density at radius 3 is 2.33 bits per heavy atom. The second-order valence-corrected chi connectivity index (χ2v) is 22.6. The van der Waals surface area contributed by atoms with Crippen LogP contribution in [0.4, 0.5) is 0 Å². The molecule has 2 aromatic rings. The fourth-order valence-electron chi connectivity index (χ4n) is 15.8. The Hall–Kier alpha value is -3.82. The number of nitrogens with zero attached hydrogens (tertiary/aromatic N) is 3. The van der Waals surface area contributed by atoms with E-state index < -0.39 is 28.6 Å². The summed E-state index contributed by atoms with van der Waals surface area (Å²) in [4.78, 5) is 70.2. The van der Waals surface area contributed by atoms with Gasteiger partial charge < -0.3 is 19.7 Å². The van der Waals surface area contributed by atoms with E-state index in [9.17, 15) is 19.5 Å². The van der Waals surface area contributed by atoms with Crippen molar-refractivity contribution < 1.29 is 29.0 Å². The highest BCUT2D eigenvalue weighted by atomic mass is 16.5. The summed E-state index contributed by atoms with van der Waals surface area (Å²) < 4.78 is 6.45. The number of ether oxygens (including phenoxy) is 1. The normalized spacial score (nSPS) is 40.3. The molecule has 0 radical (unpaired) electrons. The van der Waals surface area contributed by atoms with Gasteiger partial charge in [0.1, 0.15) is 11.9 Å². The summed E-state index contributed by atoms with van der Waals surface area (Å²) in [6.45, 7) is 21.0. The minimum absolute atomic E-state index is 0.00549. The van der Waals surface area contributed by atoms with Gasteiger partial charge in [-0.05, 0) is 139 Å². The number of carbonyl (C=O) groups is 4. The number of esters is 1. The standard InChI is InChI=1S/C50H68N4O6/c1-28(2)39-35(55)25-50(44(59)54-23-11-13-34(54)41-52-27-33(53-41)29-12-10-22-51-26-29)21-20-48(8)30(40(39)50)14-15-37-47(7)18-17-38(46(5,6)36(47)16-19-49(37,48)9)60-43(58)32-24-31(42(56)57)45(32,3)4/h10,12,22,26-28,30-32,34,36-38H,11,13-21,23-25H2,1-9H3,(H,52,53)(H,56,57)/t30-,31+,32-,34?,36+,37-,38+,47+,48-,49-,50-/m1/s1. The van der Waals surface area contributed by atoms with Gasteiger partial charge in [-0.1, -0.05) is 62.3 Å². The van der Waals surface area contributed by atoms with Gasteiger partial charge in [-0.2, -0.15) is 0 Å². The molecule has 0 aromatic carbocycles. The number of nitrogens with one attached hydrogen (secondary N) is 1. The number of imidazole rings is 1. The molecule has 1 unspecified atom stereocenters. The smallest absolute Gasteiger partial charge is 0.309 e. The van der Waals surface area contributed by atoms with E-state index in [1.165, 1.54) is 5.57 Å². The number of ketones is 1. The van der Waals surface area contributed by atoms with Crippen molar-refractivity contribution in [3.8, 4) is 11.3 Å². The fourth-order valence-corrected chi connectivity index (χ4v) is 15.8. The molecule has 2 N–H and O–H groups in total. The Morgan fingerprint density at radius 1 is 0.883 bits per heavy atom. The molecule has 1 saturated heterocycles. The van der Waals surface area contributed by atoms with Crippen molar-refractivity contribution in [2.75, 3.05) is 6.54 Å². The van der Waals surface area contributed by atoms with Crippen LogP contribution in [0, 0.1) is 68.0 Å². The van der Waals surface area contributed by atoms with Crippen molar-refractivity contribution in [2.24, 2.45) is 68.0 Å². The molecule has 7 aliphatic rings. The lowest BCUT2D eigenvalue weighted by molar-refractivity contribution is -0.236. The maximum absolute atomic E-state index is 15.5. The van der Waals surface area contributed by atoms with Gasteiger partial charge in [-0.25, -0.2) is 4.98 Å². The molecule has 0 spiro atoms. The number of aromatic nitrogens is 3. The third-order valence-corrected chi connectivity index (χ3v) is 19.3. The van der Waals surface area contributed by atoms with Crippen molar-refractivity contribution in [3.05, 3.63) is 47.7 Å². The van der Waals surface area contributed by atoms with Gasteiger partial charge in [0.15, 0.2) is 5.78 Å². The molecule has 2 aromatic heterocycles. The number of Topliss-reactive ketones (excluding diaryl/α,β-unsaturated/α-hetero) is 1. The van der Waals surface area contributed by atoms with Gasteiger partial charge in [0.05, 0.1) is 35.2 Å². The second kappa shape index (κ2) is 13.8. The molecule has 1 aliphatic heterocycles. The molecule has 0 bridgehead atoms. The van der Waals surface area contributed by atoms with Crippen molar-refractivity contribution >= 4 is 23.6 Å². The second-order valence-electron chi connectivity index (χ2n) is 22.6. The summed E-state index contributed by atoms with van der Waals surface area (Å²) >= 11 is 0. The van der Waals surface area contributed by atoms with Crippen molar-refractivity contribution in [2.45, 2.75) is 152 Å². The molecule has 6 fully saturated rings. The van der Waals surface area contributed by atoms with E-state index in [0.717, 1.165) is 80.4 Å². The van der Waals surface area contributed by atoms with Crippen LogP contribution in [0.2, 0.25) is 0 Å². The lowest BCUT2D eigenvalue weighted by Gasteiger charge is -2.72. The average molecular weight is 821 g/mol. The molecule has 3 heterocycles. The first kappa shape index (κ1) is 41.5. The first-order chi connectivity index (χ1) is 28.2. The number of allylic oxidation sites excluding steroid dienone is 1. The minimum Gasteiger partial charge on any atom is -0.481 e. The number of carboxylic acid groups (broad SMARTS) is 1. The number of pyridine rings is 1. The number of H-pyrrole nitrogens is 1. The summed E-state index contributed by atoms with van der Waals surface area (Å²) in [5.41, 5.74) is 2.28. The van der Waals surface area contributed by atoms with Crippen LogP contribution in [-0.4, -0.2) is 61.2 Å². The minimum atomic E-state index is -0.834. The van der Waals surface area contributed by atoms with E-state index in [0.29, 0.717) is 31.2 Å². The van der Waals surface area contributed by atoms with Gasteiger partial charge in [0, 0.05) is 36.3 Å². The Bertz CT molecular complexity index is 2140. The lowest BCUT2D eigenvalue weighted by Crippen LogP contribution is -2.66. The van der Waals surface area contributed by atoms with E-state index in [2.05, 4.69) is 63.3 Å². The molecule has 11 atom stereocenters. The number of hydrogen-bond donors (Lipinski definition) is 2. The maximum atomic E-state index is 15.5. The monoisotopic (exact) mass is 821 g/mol. The zero-order valence-electron chi connectivity index (χ0n) is 37.5. The zero-order chi connectivity index (χ0) is 42.9. The van der Waals surface area contributed by atoms with Crippen LogP contribution in [0.15, 0.2) is 41.9 Å². The van der Waals surface area contributed by atoms with Crippen LogP contribution in [0.5, 0.6) is 0 Å². The summed E-state index contributed by atoms with van der Waals surface area (Å²) in [5, 5.41) is 9.70. The average Bonchev–Trinajstić information content (AvgIpc) is 3.94. The van der Waals surface area contributed by atoms with Gasteiger partial charge in [0.25, 0.3) is 0 Å². The number of aromatic amines is 1. The summed E-state index contributed by atoms with van der Waals surface area (Å²) in [6, 6.07) is 3.77. The van der Waals surface area contributed by atoms with Crippen LogP contribution in [0.1, 0.15) is 151 Å². The molecule has 5 saturated carbocycles. The summed E-state index contributed by atoms with van der Waals surface area (Å²) in [6.07, 6.45) is 15.1. The van der Waals surface area contributed by atoms with E-state index >= 15 is 4.79 Å². The Labute approximate surface area is 356 Å². The number of aliphatic carboxylic acids is 1. The highest BCUT2D eigenvalue weighted by Crippen LogP contribution is 2.77. The topological polar surface area (TPSA) is 143 Å². The molecule has 6 aliphatic carbocycles. The number of amides is 1. The number of likely N-dealkylation sites (tertiary alicyclic amines) is 1. The van der Waals surface area contributed by atoms with Crippen LogP contribution in [-0.2, 0) is 23.9 Å². The number of fused-ring (bicyclic) bond motifs is 7. The third-order valence-electron chi connectivity index (χ3n) is 19.3. The molecular weight excluding hydrogens is 753 g/mol. The quantitative estimate of drug-likeness (QED) is 0.263. The fraction of sp³-hybridized carbons (Fsp3) is 0.720. The molecule has 1 amide bonds. The molecule has 324 valence electrons. The number of carbonyl (C=O) groups excluding carboxylic acids is 3. The van der Waals surface area contributed by atoms with Gasteiger partial charge in [-0.15, -0.1) is 0 Å². The van der Waals surface area contributed by atoms with E-state index in [-0.39, 0.29) is 69.7 Å². The highest BCUT2D eigenvalue weighted by Gasteiger charge is 2.71. The van der Waals surface area contributed by atoms with Crippen LogP contribution in [0.3, 0.4) is 0 Å². The Kier molecular flexibility index (Phi) is 9.58. The van der Waals surface area contributed by atoms with Crippen LogP contribution in [0.25, 0.3) is 11.3 Å². The van der Waals surface area contributed by atoms with Crippen LogP contribution < -0.4 is 0 Å². The van der Waals surface area contributed by atoms with Gasteiger partial charge in [-0.3, -0.25) is 24.2 Å². The number of hydrogen-bond acceptors (Lipinski definition) is 7. The van der Waals surface area contributed by atoms with E-state index in [1.807, 2.05) is 38.4 Å². The maximum Gasteiger partial charge on any atom is 0.309 e. The lowest BCUT2D eigenvalue weighted by atomic mass is 9.33. The Balaban J connectivity index is 0.991. The largest absolute Gasteiger partial charge is 0.481 e. The van der Waals surface area contributed by atoms with Crippen molar-refractivity contribution in [3.63, 3.8) is 0 Å². The zero-order valence-corrected chi connectivity index (χ0v) is 37.5. The predicted octanol–water partition coefficient (Wildman–Crippen LogP) is 9.77. The van der Waals surface area contributed by atoms with E-state index in [1.54, 1.807) is 6.20 Å². The molecule has 10 nitrogen and oxygen atoms in total. The third kappa shape index (κ3) is 5.62. The summed E-state index contributed by atoms with van der Waals surface area (Å²) in [5.74, 6) is 0.168. The Morgan fingerprint density at radius 2 is 1.65 bits per heavy atom. The molecular formula is C50H68N4O6. The molecule has 60 heavy (non-hydrogen) atoms. The van der Waals surface area contributed by atoms with Gasteiger partial charge in [0.2, 0.25) is 5.91 Å². The predicted molar refractivity (Wildman–Crippen MR) is 228 cm³/mol. The van der Waals surface area contributed by atoms with Gasteiger partial charge >= 0.3 is 11.9 Å². The first-order valence-corrected chi connectivity index (χ1v) is 23.2. The van der Waals surface area contributed by atoms with Crippen LogP contribution >= 0.6 is 0 Å². The summed E-state index contributed by atoms with van der Waals surface area (Å²) in [7, 11) is 0. The highest BCUT2D eigenvalue weighted by molar-refractivity contribution is 6.07. The van der Waals surface area contributed by atoms with Crippen molar-refractivity contribution in [1.29, 1.82) is 0 Å². The molecule has 9 rings (SSSR count). The number of carboxylic acids is 1. The first-order valence-electron chi connectivity index (χ1n) is 23.2. The van der Waals surface area contributed by atoms with E-state index in [4.69, 9.17) is 9.72 Å².